The molecule has 5 nitrogen and oxygen atoms in total. The SMILES string of the molecule is O=C(NC1CCCC1)[C@H]1CCCN(S(=O)(=O)c2c(F)cccc2F)C1. The molecule has 8 heteroatoms. The van der Waals surface area contributed by atoms with Crippen molar-refractivity contribution in [1.29, 1.82) is 0 Å². The van der Waals surface area contributed by atoms with Crippen molar-refractivity contribution in [3.8, 4) is 0 Å². The molecule has 1 N–H and O–H groups in total. The number of halogens is 2. The molecule has 1 atom stereocenters. The molecule has 0 aromatic heterocycles. The third-order valence-corrected chi connectivity index (χ3v) is 6.89. The van der Waals surface area contributed by atoms with Crippen LogP contribution in [-0.2, 0) is 14.8 Å². The summed E-state index contributed by atoms with van der Waals surface area (Å²) < 4.78 is 54.1. The van der Waals surface area contributed by atoms with Gasteiger partial charge in [-0.15, -0.1) is 0 Å². The zero-order valence-corrected chi connectivity index (χ0v) is 14.7. The molecule has 0 bridgehead atoms. The topological polar surface area (TPSA) is 66.5 Å². The highest BCUT2D eigenvalue weighted by Gasteiger charge is 2.36. The number of benzene rings is 1. The minimum atomic E-state index is -4.31. The first-order valence-corrected chi connectivity index (χ1v) is 10.1. The number of nitrogens with one attached hydrogen (secondary N) is 1. The molecule has 1 amide bonds. The van der Waals surface area contributed by atoms with Crippen LogP contribution in [0, 0.1) is 17.6 Å². The van der Waals surface area contributed by atoms with Gasteiger partial charge < -0.3 is 5.32 Å². The average Bonchev–Trinajstić information content (AvgIpc) is 3.07. The van der Waals surface area contributed by atoms with Gasteiger partial charge in [-0.3, -0.25) is 4.79 Å². The zero-order chi connectivity index (χ0) is 18.0. The maximum Gasteiger partial charge on any atom is 0.248 e. The van der Waals surface area contributed by atoms with Crippen molar-refractivity contribution in [2.75, 3.05) is 13.1 Å². The fourth-order valence-electron chi connectivity index (χ4n) is 3.62. The summed E-state index contributed by atoms with van der Waals surface area (Å²) in [5, 5.41) is 2.97. The van der Waals surface area contributed by atoms with Gasteiger partial charge in [0.1, 0.15) is 11.6 Å². The molecule has 1 saturated heterocycles. The van der Waals surface area contributed by atoms with E-state index in [0.717, 1.165) is 48.2 Å². The lowest BCUT2D eigenvalue weighted by atomic mass is 9.98. The Kier molecular flexibility index (Phi) is 5.38. The van der Waals surface area contributed by atoms with E-state index in [0.29, 0.717) is 12.8 Å². The van der Waals surface area contributed by atoms with Gasteiger partial charge in [0, 0.05) is 19.1 Å². The summed E-state index contributed by atoms with van der Waals surface area (Å²) >= 11 is 0. The van der Waals surface area contributed by atoms with E-state index in [2.05, 4.69) is 5.32 Å². The Hall–Kier alpha value is -1.54. The fraction of sp³-hybridized carbons (Fsp3) is 0.588. The molecule has 0 unspecified atom stereocenters. The van der Waals surface area contributed by atoms with Crippen molar-refractivity contribution in [2.24, 2.45) is 5.92 Å². The van der Waals surface area contributed by atoms with E-state index in [1.165, 1.54) is 0 Å². The summed E-state index contributed by atoms with van der Waals surface area (Å²) in [5.74, 6) is -2.88. The molecule has 1 aromatic carbocycles. The molecular weight excluding hydrogens is 350 g/mol. The maximum atomic E-state index is 13.9. The van der Waals surface area contributed by atoms with Crippen LogP contribution in [0.25, 0.3) is 0 Å². The highest BCUT2D eigenvalue weighted by atomic mass is 32.2. The monoisotopic (exact) mass is 372 g/mol. The van der Waals surface area contributed by atoms with Crippen LogP contribution in [0.1, 0.15) is 38.5 Å². The quantitative estimate of drug-likeness (QED) is 0.883. The van der Waals surface area contributed by atoms with E-state index in [-0.39, 0.29) is 25.0 Å². The van der Waals surface area contributed by atoms with Gasteiger partial charge >= 0.3 is 0 Å². The lowest BCUT2D eigenvalue weighted by molar-refractivity contribution is -0.126. The van der Waals surface area contributed by atoms with Gasteiger partial charge in [-0.05, 0) is 37.8 Å². The van der Waals surface area contributed by atoms with E-state index >= 15 is 0 Å². The van der Waals surface area contributed by atoms with Crippen LogP contribution in [0.4, 0.5) is 8.78 Å². The summed E-state index contributed by atoms with van der Waals surface area (Å²) in [6.07, 6.45) is 5.12. The van der Waals surface area contributed by atoms with E-state index in [4.69, 9.17) is 0 Å². The molecule has 0 radical (unpaired) electrons. The van der Waals surface area contributed by atoms with E-state index in [9.17, 15) is 22.0 Å². The third kappa shape index (κ3) is 3.84. The number of sulfonamides is 1. The number of nitrogens with zero attached hydrogens (tertiary/aromatic N) is 1. The molecule has 0 spiro atoms. The van der Waals surface area contributed by atoms with Crippen molar-refractivity contribution >= 4 is 15.9 Å². The Morgan fingerprint density at radius 3 is 2.36 bits per heavy atom. The summed E-state index contributed by atoms with van der Waals surface area (Å²) in [4.78, 5) is 11.5. The Morgan fingerprint density at radius 1 is 1.08 bits per heavy atom. The number of carbonyl (C=O) groups is 1. The smallest absolute Gasteiger partial charge is 0.248 e. The molecule has 25 heavy (non-hydrogen) atoms. The maximum absolute atomic E-state index is 13.9. The molecule has 3 rings (SSSR count). The van der Waals surface area contributed by atoms with Crippen LogP contribution < -0.4 is 5.32 Å². The number of amides is 1. The van der Waals surface area contributed by atoms with Crippen LogP contribution in [0.3, 0.4) is 0 Å². The first-order valence-electron chi connectivity index (χ1n) is 8.64. The summed E-state index contributed by atoms with van der Waals surface area (Å²) in [6.45, 7) is 0.109. The van der Waals surface area contributed by atoms with E-state index < -0.39 is 32.5 Å². The second-order valence-corrected chi connectivity index (χ2v) is 8.62. The molecule has 138 valence electrons. The normalized spacial score (nSPS) is 22.9. The zero-order valence-electron chi connectivity index (χ0n) is 13.9. The molecule has 2 aliphatic rings. The predicted octanol–water partition coefficient (Wildman–Crippen LogP) is 2.42. The van der Waals surface area contributed by atoms with Gasteiger partial charge in [0.2, 0.25) is 15.9 Å². The predicted molar refractivity (Wildman–Crippen MR) is 88.2 cm³/mol. The number of carbonyl (C=O) groups excluding carboxylic acids is 1. The second kappa shape index (κ2) is 7.37. The van der Waals surface area contributed by atoms with Crippen LogP contribution in [0.15, 0.2) is 23.1 Å². The number of hydrogen-bond acceptors (Lipinski definition) is 3. The summed E-state index contributed by atoms with van der Waals surface area (Å²) in [5.41, 5.74) is 0. The van der Waals surface area contributed by atoms with Gasteiger partial charge in [0.15, 0.2) is 4.90 Å². The van der Waals surface area contributed by atoms with Crippen molar-refractivity contribution < 1.29 is 22.0 Å². The van der Waals surface area contributed by atoms with Crippen molar-refractivity contribution in [2.45, 2.75) is 49.5 Å². The van der Waals surface area contributed by atoms with Crippen LogP contribution in [0.2, 0.25) is 0 Å². The summed E-state index contributed by atoms with van der Waals surface area (Å²) in [6, 6.07) is 3.12. The number of hydrogen-bond donors (Lipinski definition) is 1. The second-order valence-electron chi connectivity index (χ2n) is 6.74. The van der Waals surface area contributed by atoms with Gasteiger partial charge in [-0.1, -0.05) is 18.9 Å². The fourth-order valence-corrected chi connectivity index (χ4v) is 5.25. The largest absolute Gasteiger partial charge is 0.353 e. The molecule has 1 saturated carbocycles. The van der Waals surface area contributed by atoms with Gasteiger partial charge in [0.25, 0.3) is 0 Å². The third-order valence-electron chi connectivity index (χ3n) is 4.97. The molecular formula is C17H22F2N2O3S. The standard InChI is InChI=1S/C17H22F2N2O3S/c18-14-8-3-9-15(19)16(14)25(23,24)21-10-4-5-12(11-21)17(22)20-13-6-1-2-7-13/h3,8-9,12-13H,1-2,4-7,10-11H2,(H,20,22)/t12-/m0/s1. The van der Waals surface area contributed by atoms with E-state index in [1.807, 2.05) is 0 Å². The van der Waals surface area contributed by atoms with Crippen LogP contribution in [-0.4, -0.2) is 37.8 Å². The highest BCUT2D eigenvalue weighted by molar-refractivity contribution is 7.89. The van der Waals surface area contributed by atoms with Crippen molar-refractivity contribution in [1.82, 2.24) is 9.62 Å². The molecule has 1 aliphatic heterocycles. The lowest BCUT2D eigenvalue weighted by Gasteiger charge is -2.32. The molecule has 1 heterocycles. The van der Waals surface area contributed by atoms with Crippen molar-refractivity contribution in [3.05, 3.63) is 29.8 Å². The molecule has 1 aromatic rings. The van der Waals surface area contributed by atoms with Gasteiger partial charge in [-0.25, -0.2) is 17.2 Å². The Bertz CT molecular complexity index is 728. The number of piperidine rings is 1. The Labute approximate surface area is 146 Å². The van der Waals surface area contributed by atoms with Gasteiger partial charge in [0.05, 0.1) is 5.92 Å². The Morgan fingerprint density at radius 2 is 1.72 bits per heavy atom. The minimum Gasteiger partial charge on any atom is -0.353 e. The van der Waals surface area contributed by atoms with Gasteiger partial charge in [-0.2, -0.15) is 4.31 Å². The first kappa shape index (κ1) is 18.3. The van der Waals surface area contributed by atoms with Crippen molar-refractivity contribution in [3.63, 3.8) is 0 Å². The average molecular weight is 372 g/mol. The van der Waals surface area contributed by atoms with Crippen LogP contribution in [0.5, 0.6) is 0 Å². The number of rotatable bonds is 4. The molecule has 2 fully saturated rings. The Balaban J connectivity index is 1.75. The highest BCUT2D eigenvalue weighted by Crippen LogP contribution is 2.27. The van der Waals surface area contributed by atoms with Crippen LogP contribution >= 0.6 is 0 Å². The minimum absolute atomic E-state index is 0.0470. The molecule has 1 aliphatic carbocycles. The lowest BCUT2D eigenvalue weighted by Crippen LogP contribution is -2.47. The summed E-state index contributed by atoms with van der Waals surface area (Å²) in [7, 11) is -4.31. The van der Waals surface area contributed by atoms with E-state index in [1.54, 1.807) is 0 Å². The first-order chi connectivity index (χ1) is 11.9.